The molecule has 14 N–H and O–H groups in total. The largest absolute Gasteiger partial charge is 0.370 e. The molecular formula is C62H52N10. The summed E-state index contributed by atoms with van der Waals surface area (Å²) < 4.78 is 0. The molecule has 6 aromatic rings. The number of nitrogens with zero attached hydrogens (tertiary/aromatic N) is 2. The quantitative estimate of drug-likeness (QED) is 0.0323. The number of benzene rings is 6. The van der Waals surface area contributed by atoms with Crippen molar-refractivity contribution >= 4 is 11.9 Å². The van der Waals surface area contributed by atoms with Crippen LogP contribution in [0.25, 0.3) is 44.5 Å². The third kappa shape index (κ3) is 16.2. The minimum atomic E-state index is -0.0160. The van der Waals surface area contributed by atoms with Gasteiger partial charge in [0.1, 0.15) is 13.1 Å². The van der Waals surface area contributed by atoms with Crippen LogP contribution in [0.15, 0.2) is 131 Å². The smallest absolute Gasteiger partial charge is 0.204 e. The number of guanidine groups is 2. The predicted octanol–water partition coefficient (Wildman–Crippen LogP) is 5.47. The Morgan fingerprint density at radius 2 is 0.708 bits per heavy atom. The van der Waals surface area contributed by atoms with Crippen molar-refractivity contribution in [2.75, 3.05) is 39.3 Å². The van der Waals surface area contributed by atoms with Gasteiger partial charge in [-0.2, -0.15) is 0 Å². The zero-order chi connectivity index (χ0) is 50.9. The third-order valence-electron chi connectivity index (χ3n) is 10.1. The topological polar surface area (TPSA) is 205 Å². The molecular weight excluding hydrogens is 885 g/mol. The van der Waals surface area contributed by atoms with Crippen molar-refractivity contribution in [1.82, 2.24) is 10.9 Å². The number of rotatable bonds is 8. The molecule has 10 nitrogen and oxygen atoms in total. The van der Waals surface area contributed by atoms with Gasteiger partial charge in [0, 0.05) is 44.5 Å². The van der Waals surface area contributed by atoms with E-state index in [0.29, 0.717) is 0 Å². The lowest BCUT2D eigenvalue weighted by atomic mass is 9.95. The molecule has 0 heterocycles. The van der Waals surface area contributed by atoms with E-state index in [0.717, 1.165) is 89.0 Å². The summed E-state index contributed by atoms with van der Waals surface area (Å²) in [7, 11) is 0. The fraction of sp³-hybridized carbons (Fsp3) is 0.129. The summed E-state index contributed by atoms with van der Waals surface area (Å²) in [5, 5.41) is 0. The Labute approximate surface area is 423 Å². The van der Waals surface area contributed by atoms with Crippen LogP contribution in [0.4, 0.5) is 0 Å². The summed E-state index contributed by atoms with van der Waals surface area (Å²) >= 11 is 0. The molecule has 0 radical (unpaired) electrons. The highest BCUT2D eigenvalue weighted by Gasteiger charge is 2.09. The molecule has 10 heteroatoms. The minimum Gasteiger partial charge on any atom is -0.370 e. The van der Waals surface area contributed by atoms with E-state index in [1.807, 2.05) is 86.6 Å². The lowest BCUT2D eigenvalue weighted by molar-refractivity contribution is 0.716. The molecule has 6 rings (SSSR count). The minimum absolute atomic E-state index is 0.0160. The van der Waals surface area contributed by atoms with Crippen LogP contribution < -0.4 is 45.3 Å². The number of nitrogens with two attached hydrogens (primary N) is 6. The number of nitrogens with one attached hydrogen (secondary N) is 2. The number of aliphatic imine (C=N–C) groups is 2. The van der Waals surface area contributed by atoms with Crippen molar-refractivity contribution < 1.29 is 0 Å². The summed E-state index contributed by atoms with van der Waals surface area (Å²) in [4.78, 5) is 8.33. The van der Waals surface area contributed by atoms with E-state index in [4.69, 9.17) is 34.4 Å². The van der Waals surface area contributed by atoms with Gasteiger partial charge < -0.3 is 34.4 Å². The highest BCUT2D eigenvalue weighted by atomic mass is 15.4. The molecule has 0 spiro atoms. The molecule has 0 aliphatic rings. The summed E-state index contributed by atoms with van der Waals surface area (Å²) in [5.41, 5.74) is 54.5. The van der Waals surface area contributed by atoms with Gasteiger partial charge in [-0.15, -0.1) is 11.8 Å². The van der Waals surface area contributed by atoms with Gasteiger partial charge in [-0.3, -0.25) is 5.43 Å². The molecule has 0 unspecified atom stereocenters. The van der Waals surface area contributed by atoms with E-state index in [2.05, 4.69) is 164 Å². The SMILES string of the molecule is CC#Cc1cc(C#CCN)cc(-c2cccc(-c3cc(C#CC)cc(C#CCNNC(N)=NCC#Cc4cc(C#CCN)cc(-c5cccc(-c6cc(C#CCN)cc(C#CCN=C(N)N)c6)c5)c4)c3)c2)c1. The molecule has 350 valence electrons. The van der Waals surface area contributed by atoms with Gasteiger partial charge in [0.05, 0.1) is 26.2 Å². The summed E-state index contributed by atoms with van der Waals surface area (Å²) in [5.74, 6) is 49.6. The predicted molar refractivity (Wildman–Crippen MR) is 296 cm³/mol. The molecule has 0 aliphatic carbocycles. The Bertz CT molecular complexity index is 3580. The van der Waals surface area contributed by atoms with Crippen molar-refractivity contribution in [1.29, 1.82) is 0 Å². The third-order valence-corrected chi connectivity index (χ3v) is 10.1. The average molecular weight is 937 g/mol. The van der Waals surface area contributed by atoms with E-state index >= 15 is 0 Å². The van der Waals surface area contributed by atoms with Crippen molar-refractivity contribution in [2.45, 2.75) is 13.8 Å². The lowest BCUT2D eigenvalue weighted by Gasteiger charge is -2.09. The maximum atomic E-state index is 6.18. The van der Waals surface area contributed by atoms with E-state index < -0.39 is 0 Å². The van der Waals surface area contributed by atoms with Gasteiger partial charge in [-0.1, -0.05) is 119 Å². The molecule has 6 aromatic carbocycles. The van der Waals surface area contributed by atoms with Crippen LogP contribution in [0.5, 0.6) is 0 Å². The molecule has 0 amide bonds. The standard InChI is InChI=1S/C62H52N10/c1-3-13-45-31-47(15-7-25-63)37-57(35-45)53-21-5-22-54(43-53)58-36-46(14-4-2)32-52(42-58)20-12-30-71-72-62(68)70-29-11-19-51-34-49(17-9-27-65)39-60(41-51)56-24-6-23-55(44-56)59-38-48(16-8-26-64)33-50(40-59)18-10-28-69-61(66)67/h5-6,21-24,31-44,71H,25-30,63-65H2,1-2H3,(H4,66,67,69)(H3,68,70,72). The number of hydrogen-bond donors (Lipinski definition) is 8. The van der Waals surface area contributed by atoms with E-state index in [9.17, 15) is 0 Å². The first-order valence-electron chi connectivity index (χ1n) is 22.7. The Morgan fingerprint density at radius 1 is 0.389 bits per heavy atom. The van der Waals surface area contributed by atoms with Crippen LogP contribution in [0.2, 0.25) is 0 Å². The van der Waals surface area contributed by atoms with Crippen LogP contribution in [0.3, 0.4) is 0 Å². The van der Waals surface area contributed by atoms with E-state index in [1.165, 1.54) is 0 Å². The van der Waals surface area contributed by atoms with Crippen molar-refractivity contribution in [3.05, 3.63) is 166 Å². The summed E-state index contributed by atoms with van der Waals surface area (Å²) in [6.45, 7) is 4.99. The van der Waals surface area contributed by atoms with Crippen LogP contribution in [-0.2, 0) is 0 Å². The highest BCUT2D eigenvalue weighted by Crippen LogP contribution is 2.31. The summed E-state index contributed by atoms with van der Waals surface area (Å²) in [6, 6.07) is 40.6. The molecule has 0 fully saturated rings. The molecule has 0 saturated heterocycles. The summed E-state index contributed by atoms with van der Waals surface area (Å²) in [6.07, 6.45) is 0. The Hall–Kier alpha value is -9.82. The van der Waals surface area contributed by atoms with Crippen LogP contribution in [0.1, 0.15) is 58.4 Å². The van der Waals surface area contributed by atoms with Crippen LogP contribution >= 0.6 is 0 Å². The highest BCUT2D eigenvalue weighted by molar-refractivity contribution is 5.79. The normalized spacial score (nSPS) is 9.76. The van der Waals surface area contributed by atoms with Gasteiger partial charge in [0.15, 0.2) is 5.96 Å². The first-order chi connectivity index (χ1) is 35.2. The molecule has 0 aliphatic heterocycles. The molecule has 72 heavy (non-hydrogen) atoms. The monoisotopic (exact) mass is 936 g/mol. The van der Waals surface area contributed by atoms with Crippen molar-refractivity contribution in [2.24, 2.45) is 44.4 Å². The first-order valence-corrected chi connectivity index (χ1v) is 22.7. The second kappa shape index (κ2) is 27.2. The number of hydrogen-bond acceptors (Lipinski definition) is 6. The Kier molecular flexibility index (Phi) is 19.5. The second-order valence-electron chi connectivity index (χ2n) is 15.5. The van der Waals surface area contributed by atoms with Crippen LogP contribution in [0, 0.1) is 94.7 Å². The molecule has 0 bridgehead atoms. The molecule has 0 atom stereocenters. The maximum Gasteiger partial charge on any atom is 0.204 e. The van der Waals surface area contributed by atoms with E-state index in [-0.39, 0.29) is 51.2 Å². The zero-order valence-corrected chi connectivity index (χ0v) is 40.1. The first kappa shape index (κ1) is 51.6. The Morgan fingerprint density at radius 3 is 1.04 bits per heavy atom. The fourth-order valence-corrected chi connectivity index (χ4v) is 7.16. The zero-order valence-electron chi connectivity index (χ0n) is 40.1. The fourth-order valence-electron chi connectivity index (χ4n) is 7.16. The Balaban J connectivity index is 1.14. The van der Waals surface area contributed by atoms with Gasteiger partial charge in [-0.25, -0.2) is 15.4 Å². The molecule has 0 saturated carbocycles. The average Bonchev–Trinajstić information content (AvgIpc) is 3.39. The van der Waals surface area contributed by atoms with Gasteiger partial charge in [0.2, 0.25) is 5.96 Å². The van der Waals surface area contributed by atoms with Crippen LogP contribution in [-0.4, -0.2) is 51.2 Å². The van der Waals surface area contributed by atoms with Gasteiger partial charge in [-0.05, 0) is 143 Å². The van der Waals surface area contributed by atoms with Gasteiger partial charge in [0.25, 0.3) is 0 Å². The van der Waals surface area contributed by atoms with E-state index in [1.54, 1.807) is 0 Å². The maximum absolute atomic E-state index is 6.18. The lowest BCUT2D eigenvalue weighted by Crippen LogP contribution is -2.42. The van der Waals surface area contributed by atoms with Crippen molar-refractivity contribution in [3.63, 3.8) is 0 Å². The second-order valence-corrected chi connectivity index (χ2v) is 15.5. The van der Waals surface area contributed by atoms with Crippen molar-refractivity contribution in [3.8, 4) is 139 Å². The number of hydrazine groups is 1. The molecule has 0 aromatic heterocycles. The van der Waals surface area contributed by atoms with Gasteiger partial charge >= 0.3 is 0 Å².